The Kier molecular flexibility index (Phi) is 5.74. The molecule has 0 fully saturated rings. The van der Waals surface area contributed by atoms with Crippen LogP contribution < -0.4 is 4.74 Å². The number of hydrogen-bond acceptors (Lipinski definition) is 4. The van der Waals surface area contributed by atoms with E-state index in [4.69, 9.17) is 4.74 Å². The number of aliphatic carboxylic acids is 1. The molecule has 0 heterocycles. The molecule has 0 radical (unpaired) electrons. The van der Waals surface area contributed by atoms with Crippen molar-refractivity contribution in [2.75, 3.05) is 5.75 Å². The van der Waals surface area contributed by atoms with Crippen LogP contribution in [0.25, 0.3) is 0 Å². The fourth-order valence-corrected chi connectivity index (χ4v) is 3.30. The minimum Gasteiger partial charge on any atom is -0.478 e. The van der Waals surface area contributed by atoms with Gasteiger partial charge in [-0.1, -0.05) is 19.1 Å². The number of alkyl halides is 3. The van der Waals surface area contributed by atoms with E-state index in [1.807, 2.05) is 0 Å². The number of halogens is 4. The number of carboxylic acid groups (broad SMARTS) is 1. The van der Waals surface area contributed by atoms with Gasteiger partial charge < -0.3 is 9.84 Å². The van der Waals surface area contributed by atoms with E-state index in [1.165, 1.54) is 6.92 Å². The number of hydrogen-bond donors (Lipinski definition) is 1. The van der Waals surface area contributed by atoms with Gasteiger partial charge in [0.15, 0.2) is 9.84 Å². The lowest BCUT2D eigenvalue weighted by atomic mass is 9.95. The smallest absolute Gasteiger partial charge is 0.420 e. The molecular formula is C18H16F4O5S. The summed E-state index contributed by atoms with van der Waals surface area (Å²) in [5, 5.41) is 9.54. The molecule has 1 N–H and O–H groups in total. The van der Waals surface area contributed by atoms with E-state index in [-0.39, 0.29) is 5.56 Å². The standard InChI is InChI=1S/C18H16F4O5S/c1-3-28(25,26)13-8-9-15(14(10-13)18(20,21)22)27-17(2,16(23)24)11-4-6-12(19)7-5-11/h4-10H,3H2,1-2H3,(H,23,24). The molecule has 2 rings (SSSR count). The lowest BCUT2D eigenvalue weighted by molar-refractivity contribution is -0.157. The largest absolute Gasteiger partial charge is 0.478 e. The van der Waals surface area contributed by atoms with Gasteiger partial charge in [0.1, 0.15) is 11.6 Å². The Balaban J connectivity index is 2.62. The van der Waals surface area contributed by atoms with E-state index in [0.29, 0.717) is 6.07 Å². The summed E-state index contributed by atoms with van der Waals surface area (Å²) in [7, 11) is -3.93. The molecule has 0 amide bonds. The molecule has 28 heavy (non-hydrogen) atoms. The van der Waals surface area contributed by atoms with Gasteiger partial charge >= 0.3 is 12.1 Å². The first-order valence-corrected chi connectivity index (χ1v) is 9.59. The second kappa shape index (κ2) is 7.42. The Hall–Kier alpha value is -2.62. The zero-order chi connectivity index (χ0) is 21.3. The minimum absolute atomic E-state index is 0.0974. The van der Waals surface area contributed by atoms with E-state index in [2.05, 4.69) is 0 Å². The van der Waals surface area contributed by atoms with Gasteiger partial charge in [-0.2, -0.15) is 13.2 Å². The van der Waals surface area contributed by atoms with Gasteiger partial charge in [-0.3, -0.25) is 0 Å². The number of benzene rings is 2. The summed E-state index contributed by atoms with van der Waals surface area (Å²) in [6, 6.07) is 6.12. The van der Waals surface area contributed by atoms with Crippen LogP contribution in [0.1, 0.15) is 25.0 Å². The fraction of sp³-hybridized carbons (Fsp3) is 0.278. The molecule has 1 atom stereocenters. The second-order valence-electron chi connectivity index (χ2n) is 6.01. The first-order chi connectivity index (χ1) is 12.8. The summed E-state index contributed by atoms with van der Waals surface area (Å²) < 4.78 is 82.6. The normalized spacial score (nSPS) is 14.4. The Morgan fingerprint density at radius 3 is 2.14 bits per heavy atom. The van der Waals surface area contributed by atoms with Gasteiger partial charge in [-0.05, 0) is 37.3 Å². The summed E-state index contributed by atoms with van der Waals surface area (Å²) in [4.78, 5) is 11.2. The molecule has 0 aliphatic carbocycles. The van der Waals surface area contributed by atoms with Crippen molar-refractivity contribution in [1.82, 2.24) is 0 Å². The van der Waals surface area contributed by atoms with E-state index in [1.54, 1.807) is 0 Å². The molecular weight excluding hydrogens is 404 g/mol. The van der Waals surface area contributed by atoms with Crippen LogP contribution in [0.3, 0.4) is 0 Å². The Bertz CT molecular complexity index is 984. The zero-order valence-corrected chi connectivity index (χ0v) is 15.6. The Labute approximate surface area is 158 Å². The van der Waals surface area contributed by atoms with Gasteiger partial charge in [-0.15, -0.1) is 0 Å². The van der Waals surface area contributed by atoms with Crippen LogP contribution in [0.2, 0.25) is 0 Å². The fourth-order valence-electron chi connectivity index (χ4n) is 2.39. The Morgan fingerprint density at radius 1 is 1.11 bits per heavy atom. The van der Waals surface area contributed by atoms with E-state index >= 15 is 0 Å². The summed E-state index contributed by atoms with van der Waals surface area (Å²) in [6.07, 6.45) is -5.00. The number of rotatable bonds is 6. The number of sulfone groups is 1. The van der Waals surface area contributed by atoms with Crippen LogP contribution in [0, 0.1) is 5.82 Å². The van der Waals surface area contributed by atoms with Gasteiger partial charge in [0.05, 0.1) is 16.2 Å². The lowest BCUT2D eigenvalue weighted by Gasteiger charge is -2.28. The third kappa shape index (κ3) is 4.27. The molecule has 0 saturated heterocycles. The number of carboxylic acids is 1. The SMILES string of the molecule is CCS(=O)(=O)c1ccc(OC(C)(C(=O)O)c2ccc(F)cc2)c(C(F)(F)F)c1. The summed E-state index contributed by atoms with van der Waals surface area (Å²) in [5.74, 6) is -3.55. The molecule has 2 aromatic rings. The first kappa shape index (κ1) is 21.7. The van der Waals surface area contributed by atoms with Crippen molar-refractivity contribution in [3.05, 3.63) is 59.4 Å². The maximum Gasteiger partial charge on any atom is 0.420 e. The van der Waals surface area contributed by atoms with Crippen LogP contribution in [-0.2, 0) is 26.4 Å². The number of carbonyl (C=O) groups is 1. The van der Waals surface area contributed by atoms with Crippen molar-refractivity contribution >= 4 is 15.8 Å². The van der Waals surface area contributed by atoms with Crippen LogP contribution >= 0.6 is 0 Å². The summed E-state index contributed by atoms with van der Waals surface area (Å²) in [6.45, 7) is 2.29. The quantitative estimate of drug-likeness (QED) is 0.714. The third-order valence-electron chi connectivity index (χ3n) is 4.11. The van der Waals surface area contributed by atoms with Crippen molar-refractivity contribution in [3.63, 3.8) is 0 Å². The van der Waals surface area contributed by atoms with Crippen molar-refractivity contribution in [2.24, 2.45) is 0 Å². The van der Waals surface area contributed by atoms with Crippen molar-refractivity contribution in [1.29, 1.82) is 0 Å². The highest BCUT2D eigenvalue weighted by atomic mass is 32.2. The molecule has 2 aromatic carbocycles. The summed E-state index contributed by atoms with van der Waals surface area (Å²) in [5.41, 5.74) is -3.81. The van der Waals surface area contributed by atoms with Gasteiger partial charge in [0.25, 0.3) is 0 Å². The van der Waals surface area contributed by atoms with Crippen LogP contribution in [-0.4, -0.2) is 25.2 Å². The molecule has 0 saturated carbocycles. The van der Waals surface area contributed by atoms with Crippen molar-refractivity contribution < 1.29 is 40.6 Å². The minimum atomic E-state index is -5.00. The molecule has 0 bridgehead atoms. The highest BCUT2D eigenvalue weighted by Gasteiger charge is 2.42. The summed E-state index contributed by atoms with van der Waals surface area (Å²) >= 11 is 0. The average molecular weight is 420 g/mol. The second-order valence-corrected chi connectivity index (χ2v) is 8.28. The highest BCUT2D eigenvalue weighted by molar-refractivity contribution is 7.91. The average Bonchev–Trinajstić information content (AvgIpc) is 2.61. The molecule has 0 spiro atoms. The first-order valence-electron chi connectivity index (χ1n) is 7.93. The maximum absolute atomic E-state index is 13.5. The van der Waals surface area contributed by atoms with Gasteiger partial charge in [-0.25, -0.2) is 17.6 Å². The highest BCUT2D eigenvalue weighted by Crippen LogP contribution is 2.40. The van der Waals surface area contributed by atoms with Crippen LogP contribution in [0.5, 0.6) is 5.75 Å². The van der Waals surface area contributed by atoms with E-state index in [0.717, 1.165) is 43.3 Å². The molecule has 0 aromatic heterocycles. The molecule has 1 unspecified atom stereocenters. The molecule has 0 aliphatic heterocycles. The molecule has 152 valence electrons. The zero-order valence-electron chi connectivity index (χ0n) is 14.7. The monoisotopic (exact) mass is 420 g/mol. The van der Waals surface area contributed by atoms with Crippen LogP contribution in [0.4, 0.5) is 17.6 Å². The van der Waals surface area contributed by atoms with Gasteiger partial charge in [0.2, 0.25) is 5.60 Å². The predicted octanol–water partition coefficient (Wildman–Crippen LogP) is 4.02. The lowest BCUT2D eigenvalue weighted by Crippen LogP contribution is -2.39. The molecule has 0 aliphatic rings. The maximum atomic E-state index is 13.5. The molecule has 10 heteroatoms. The molecule has 5 nitrogen and oxygen atoms in total. The number of ether oxygens (including phenoxy) is 1. The van der Waals surface area contributed by atoms with Crippen molar-refractivity contribution in [3.8, 4) is 5.75 Å². The van der Waals surface area contributed by atoms with Gasteiger partial charge in [0, 0.05) is 5.56 Å². The predicted molar refractivity (Wildman–Crippen MR) is 91.2 cm³/mol. The van der Waals surface area contributed by atoms with E-state index < -0.39 is 55.4 Å². The van der Waals surface area contributed by atoms with Crippen molar-refractivity contribution in [2.45, 2.75) is 30.5 Å². The van der Waals surface area contributed by atoms with E-state index in [9.17, 15) is 35.9 Å². The topological polar surface area (TPSA) is 80.7 Å². The van der Waals surface area contributed by atoms with Crippen LogP contribution in [0.15, 0.2) is 47.4 Å². The Morgan fingerprint density at radius 2 is 1.68 bits per heavy atom. The third-order valence-corrected chi connectivity index (χ3v) is 5.85.